The van der Waals surface area contributed by atoms with Crippen molar-refractivity contribution in [2.45, 2.75) is 51.2 Å². The zero-order chi connectivity index (χ0) is 18.4. The van der Waals surface area contributed by atoms with Gasteiger partial charge in [-0.05, 0) is 44.2 Å². The zero-order valence-electron chi connectivity index (χ0n) is 15.4. The molecule has 1 amide bonds. The van der Waals surface area contributed by atoms with Crippen molar-refractivity contribution in [3.8, 4) is 11.6 Å². The SMILES string of the molecule is COc1ccccc1CC(=O)NC1CCC(Oc2ccc(C)cn2)CC1. The van der Waals surface area contributed by atoms with Crippen LogP contribution in [-0.4, -0.2) is 30.1 Å². The van der Waals surface area contributed by atoms with Gasteiger partial charge >= 0.3 is 0 Å². The molecule has 3 rings (SSSR count). The summed E-state index contributed by atoms with van der Waals surface area (Å²) in [6, 6.07) is 11.8. The molecule has 1 heterocycles. The number of hydrogen-bond donors (Lipinski definition) is 1. The quantitative estimate of drug-likeness (QED) is 0.863. The summed E-state index contributed by atoms with van der Waals surface area (Å²) in [5.74, 6) is 1.48. The van der Waals surface area contributed by atoms with E-state index in [1.165, 1.54) is 0 Å². The van der Waals surface area contributed by atoms with Crippen LogP contribution in [0, 0.1) is 6.92 Å². The number of hydrogen-bond acceptors (Lipinski definition) is 4. The standard InChI is InChI=1S/C21H26N2O3/c1-15-7-12-21(22-14-15)26-18-10-8-17(9-11-18)23-20(24)13-16-5-3-4-6-19(16)25-2/h3-7,12,14,17-18H,8-11,13H2,1-2H3,(H,23,24). The third kappa shape index (κ3) is 4.97. The third-order valence-electron chi connectivity index (χ3n) is 4.75. The van der Waals surface area contributed by atoms with Gasteiger partial charge in [0.05, 0.1) is 13.5 Å². The Morgan fingerprint density at radius 3 is 2.62 bits per heavy atom. The molecule has 0 atom stereocenters. The Kier molecular flexibility index (Phi) is 6.10. The van der Waals surface area contributed by atoms with Crippen molar-refractivity contribution in [3.63, 3.8) is 0 Å². The van der Waals surface area contributed by atoms with E-state index in [1.807, 2.05) is 49.5 Å². The van der Waals surface area contributed by atoms with E-state index in [-0.39, 0.29) is 18.1 Å². The predicted molar refractivity (Wildman–Crippen MR) is 100 cm³/mol. The Morgan fingerprint density at radius 2 is 1.92 bits per heavy atom. The van der Waals surface area contributed by atoms with Gasteiger partial charge in [0.1, 0.15) is 11.9 Å². The lowest BCUT2D eigenvalue weighted by Crippen LogP contribution is -2.40. The van der Waals surface area contributed by atoms with Crippen LogP contribution in [0.3, 0.4) is 0 Å². The van der Waals surface area contributed by atoms with E-state index in [0.29, 0.717) is 12.3 Å². The topological polar surface area (TPSA) is 60.5 Å². The molecule has 138 valence electrons. The number of ether oxygens (including phenoxy) is 2. The van der Waals surface area contributed by atoms with Gasteiger partial charge in [-0.15, -0.1) is 0 Å². The van der Waals surface area contributed by atoms with E-state index >= 15 is 0 Å². The van der Waals surface area contributed by atoms with E-state index in [0.717, 1.165) is 42.6 Å². The van der Waals surface area contributed by atoms with Crippen LogP contribution in [-0.2, 0) is 11.2 Å². The summed E-state index contributed by atoms with van der Waals surface area (Å²) in [5.41, 5.74) is 2.04. The largest absolute Gasteiger partial charge is 0.496 e. The molecule has 5 nitrogen and oxygen atoms in total. The van der Waals surface area contributed by atoms with Crippen LogP contribution < -0.4 is 14.8 Å². The Balaban J connectivity index is 1.44. The summed E-state index contributed by atoms with van der Waals surface area (Å²) in [6.07, 6.45) is 6.03. The lowest BCUT2D eigenvalue weighted by molar-refractivity contribution is -0.121. The average Bonchev–Trinajstić information content (AvgIpc) is 2.65. The number of aromatic nitrogens is 1. The van der Waals surface area contributed by atoms with Crippen molar-refractivity contribution >= 4 is 5.91 Å². The number of carbonyl (C=O) groups excluding carboxylic acids is 1. The maximum Gasteiger partial charge on any atom is 0.224 e. The number of rotatable bonds is 6. The molecule has 1 aliphatic carbocycles. The van der Waals surface area contributed by atoms with Gasteiger partial charge in [0.25, 0.3) is 0 Å². The molecule has 0 bridgehead atoms. The van der Waals surface area contributed by atoms with E-state index in [4.69, 9.17) is 9.47 Å². The van der Waals surface area contributed by atoms with Gasteiger partial charge in [0.2, 0.25) is 11.8 Å². The Morgan fingerprint density at radius 1 is 1.15 bits per heavy atom. The summed E-state index contributed by atoms with van der Waals surface area (Å²) in [5, 5.41) is 3.14. The van der Waals surface area contributed by atoms with Crippen molar-refractivity contribution in [1.82, 2.24) is 10.3 Å². The minimum absolute atomic E-state index is 0.0408. The molecule has 0 saturated heterocycles. The van der Waals surface area contributed by atoms with Crippen molar-refractivity contribution in [3.05, 3.63) is 53.7 Å². The minimum Gasteiger partial charge on any atom is -0.496 e. The van der Waals surface area contributed by atoms with Gasteiger partial charge in [-0.2, -0.15) is 0 Å². The second-order valence-corrected chi connectivity index (χ2v) is 6.82. The van der Waals surface area contributed by atoms with Gasteiger partial charge in [-0.1, -0.05) is 24.3 Å². The highest BCUT2D eigenvalue weighted by atomic mass is 16.5. The second-order valence-electron chi connectivity index (χ2n) is 6.82. The highest BCUT2D eigenvalue weighted by Crippen LogP contribution is 2.23. The first-order valence-electron chi connectivity index (χ1n) is 9.14. The van der Waals surface area contributed by atoms with Crippen LogP contribution in [0.25, 0.3) is 0 Å². The molecular formula is C21H26N2O3. The van der Waals surface area contributed by atoms with Crippen LogP contribution in [0.5, 0.6) is 11.6 Å². The van der Waals surface area contributed by atoms with Crippen LogP contribution in [0.4, 0.5) is 0 Å². The molecule has 1 fully saturated rings. The lowest BCUT2D eigenvalue weighted by Gasteiger charge is -2.29. The van der Waals surface area contributed by atoms with Gasteiger partial charge in [0, 0.05) is 23.9 Å². The normalized spacial score (nSPS) is 19.6. The van der Waals surface area contributed by atoms with Crippen molar-refractivity contribution in [2.24, 2.45) is 0 Å². The number of amides is 1. The maximum absolute atomic E-state index is 12.3. The number of carbonyl (C=O) groups is 1. The van der Waals surface area contributed by atoms with Gasteiger partial charge in [-0.25, -0.2) is 4.98 Å². The molecule has 26 heavy (non-hydrogen) atoms. The Bertz CT molecular complexity index is 722. The number of para-hydroxylation sites is 1. The average molecular weight is 354 g/mol. The van der Waals surface area contributed by atoms with Crippen LogP contribution in [0.2, 0.25) is 0 Å². The molecule has 5 heteroatoms. The Labute approximate surface area is 154 Å². The third-order valence-corrected chi connectivity index (χ3v) is 4.75. The van der Waals surface area contributed by atoms with Gasteiger partial charge in [0.15, 0.2) is 0 Å². The molecule has 1 aromatic heterocycles. The number of pyridine rings is 1. The molecule has 1 saturated carbocycles. The highest BCUT2D eigenvalue weighted by molar-refractivity contribution is 5.79. The smallest absolute Gasteiger partial charge is 0.224 e. The maximum atomic E-state index is 12.3. The highest BCUT2D eigenvalue weighted by Gasteiger charge is 2.24. The molecule has 1 N–H and O–H groups in total. The number of nitrogens with one attached hydrogen (secondary N) is 1. The van der Waals surface area contributed by atoms with Crippen LogP contribution in [0.1, 0.15) is 36.8 Å². The number of methoxy groups -OCH3 is 1. The van der Waals surface area contributed by atoms with Crippen molar-refractivity contribution in [1.29, 1.82) is 0 Å². The predicted octanol–water partition coefficient (Wildman–Crippen LogP) is 3.45. The number of benzene rings is 1. The molecule has 2 aromatic rings. The van der Waals surface area contributed by atoms with Crippen LogP contribution in [0.15, 0.2) is 42.6 Å². The summed E-state index contributed by atoms with van der Waals surface area (Å²) < 4.78 is 11.3. The van der Waals surface area contributed by atoms with E-state index in [2.05, 4.69) is 10.3 Å². The zero-order valence-corrected chi connectivity index (χ0v) is 15.4. The molecule has 1 aliphatic rings. The fourth-order valence-electron chi connectivity index (χ4n) is 3.32. The fourth-order valence-corrected chi connectivity index (χ4v) is 3.32. The minimum atomic E-state index is 0.0408. The summed E-state index contributed by atoms with van der Waals surface area (Å²) >= 11 is 0. The van der Waals surface area contributed by atoms with Crippen LogP contribution >= 0.6 is 0 Å². The lowest BCUT2D eigenvalue weighted by atomic mass is 9.92. The van der Waals surface area contributed by atoms with Gasteiger partial charge < -0.3 is 14.8 Å². The second kappa shape index (κ2) is 8.70. The van der Waals surface area contributed by atoms with Crippen molar-refractivity contribution < 1.29 is 14.3 Å². The fraction of sp³-hybridized carbons (Fsp3) is 0.429. The Hall–Kier alpha value is -2.56. The van der Waals surface area contributed by atoms with E-state index in [1.54, 1.807) is 7.11 Å². The number of aryl methyl sites for hydroxylation is 1. The first kappa shape index (κ1) is 18.2. The number of nitrogens with zero attached hydrogens (tertiary/aromatic N) is 1. The summed E-state index contributed by atoms with van der Waals surface area (Å²) in [6.45, 7) is 2.01. The summed E-state index contributed by atoms with van der Waals surface area (Å²) in [4.78, 5) is 16.6. The monoisotopic (exact) mass is 354 g/mol. The van der Waals surface area contributed by atoms with Gasteiger partial charge in [-0.3, -0.25) is 4.79 Å². The summed E-state index contributed by atoms with van der Waals surface area (Å²) in [7, 11) is 1.63. The molecule has 0 aliphatic heterocycles. The van der Waals surface area contributed by atoms with Crippen molar-refractivity contribution in [2.75, 3.05) is 7.11 Å². The molecule has 0 unspecified atom stereocenters. The van der Waals surface area contributed by atoms with E-state index in [9.17, 15) is 4.79 Å². The molecular weight excluding hydrogens is 328 g/mol. The first-order valence-corrected chi connectivity index (χ1v) is 9.14. The van der Waals surface area contributed by atoms with E-state index < -0.39 is 0 Å². The molecule has 0 radical (unpaired) electrons. The first-order chi connectivity index (χ1) is 12.6. The molecule has 0 spiro atoms. The molecule has 1 aromatic carbocycles.